The van der Waals surface area contributed by atoms with Crippen LogP contribution in [-0.2, 0) is 20.5 Å². The zero-order valence-corrected chi connectivity index (χ0v) is 14.6. The van der Waals surface area contributed by atoms with Gasteiger partial charge in [-0.1, -0.05) is 26.2 Å². The predicted octanol–water partition coefficient (Wildman–Crippen LogP) is 3.34. The van der Waals surface area contributed by atoms with Crippen LogP contribution in [0.1, 0.15) is 53.4 Å². The quantitative estimate of drug-likeness (QED) is 0.542. The van der Waals surface area contributed by atoms with Gasteiger partial charge in [0.25, 0.3) is 0 Å². The van der Waals surface area contributed by atoms with Crippen molar-refractivity contribution >= 4 is 17.0 Å². The molecule has 0 radical (unpaired) electrons. The summed E-state index contributed by atoms with van der Waals surface area (Å²) in [5.41, 5.74) is 0. The van der Waals surface area contributed by atoms with E-state index in [1.165, 1.54) is 0 Å². The normalized spacial score (nSPS) is 16.9. The number of esters is 1. The number of unbranched alkanes of at least 4 members (excludes halogenated alkanes) is 2. The average molecular weight is 345 g/mol. The van der Waals surface area contributed by atoms with Gasteiger partial charge in [-0.3, -0.25) is 4.79 Å². The lowest BCUT2D eigenvalue weighted by Crippen LogP contribution is -2.53. The Morgan fingerprint density at radius 3 is 2.14 bits per heavy atom. The van der Waals surface area contributed by atoms with E-state index >= 15 is 0 Å². The van der Waals surface area contributed by atoms with Gasteiger partial charge in [-0.2, -0.15) is 13.2 Å². The van der Waals surface area contributed by atoms with Gasteiger partial charge in [0.1, 0.15) is 6.04 Å². The summed E-state index contributed by atoms with van der Waals surface area (Å²) in [5, 5.41) is 0. The third kappa shape index (κ3) is 7.09. The summed E-state index contributed by atoms with van der Waals surface area (Å²) in [6, 6.07) is -2.18. The van der Waals surface area contributed by atoms with Crippen LogP contribution >= 0.6 is 0 Å². The molecular weight excluding hydrogens is 319 g/mol. The molecule has 0 saturated carbocycles. The largest absolute Gasteiger partial charge is 0.469 e. The van der Waals surface area contributed by atoms with Crippen molar-refractivity contribution in [2.45, 2.75) is 70.3 Å². The molecule has 0 fully saturated rings. The van der Waals surface area contributed by atoms with E-state index in [2.05, 4.69) is 9.46 Å². The van der Waals surface area contributed by atoms with Crippen molar-refractivity contribution in [1.82, 2.24) is 4.72 Å². The Morgan fingerprint density at radius 1 is 1.23 bits per heavy atom. The molecule has 0 amide bonds. The molecule has 0 aliphatic heterocycles. The fourth-order valence-corrected chi connectivity index (χ4v) is 2.74. The van der Waals surface area contributed by atoms with Gasteiger partial charge >= 0.3 is 12.1 Å². The Morgan fingerprint density at radius 2 is 1.77 bits per heavy atom. The lowest BCUT2D eigenvalue weighted by Gasteiger charge is -2.30. The number of alkyl halides is 3. The molecule has 3 atom stereocenters. The highest BCUT2D eigenvalue weighted by atomic mass is 32.2. The summed E-state index contributed by atoms with van der Waals surface area (Å²) in [4.78, 5) is 11.8. The van der Waals surface area contributed by atoms with E-state index in [1.807, 2.05) is 6.92 Å². The molecule has 132 valence electrons. The highest BCUT2D eigenvalue weighted by molar-refractivity contribution is 7.84. The first-order valence-corrected chi connectivity index (χ1v) is 8.42. The van der Waals surface area contributed by atoms with Crippen molar-refractivity contribution in [2.24, 2.45) is 5.92 Å². The number of ether oxygens (including phenoxy) is 1. The molecule has 0 spiro atoms. The first-order chi connectivity index (χ1) is 9.95. The summed E-state index contributed by atoms with van der Waals surface area (Å²) < 4.78 is 57.7. The fourth-order valence-electron chi connectivity index (χ4n) is 1.86. The van der Waals surface area contributed by atoms with Crippen LogP contribution in [0.15, 0.2) is 0 Å². The molecule has 0 saturated heterocycles. The Hall–Kier alpha value is -0.630. The molecule has 0 aromatic heterocycles. The lowest BCUT2D eigenvalue weighted by molar-refractivity contribution is -0.178. The van der Waals surface area contributed by atoms with Gasteiger partial charge in [-0.15, -0.1) is 0 Å². The van der Waals surface area contributed by atoms with Gasteiger partial charge in [0.2, 0.25) is 0 Å². The van der Waals surface area contributed by atoms with Crippen LogP contribution in [0.5, 0.6) is 0 Å². The summed E-state index contributed by atoms with van der Waals surface area (Å²) in [7, 11) is -0.879. The second-order valence-corrected chi connectivity index (χ2v) is 8.14. The van der Waals surface area contributed by atoms with Gasteiger partial charge in [-0.25, -0.2) is 8.93 Å². The van der Waals surface area contributed by atoms with Crippen molar-refractivity contribution in [3.05, 3.63) is 0 Å². The maximum Gasteiger partial charge on any atom is 0.405 e. The lowest BCUT2D eigenvalue weighted by atomic mass is 9.93. The third-order valence-electron chi connectivity index (χ3n) is 3.17. The standard InChI is InChI=1S/C14H26F3NO3S/c1-6-7-8-9-10(12(19)21-5)11(14(15,16)17)18-22(20)13(2,3)4/h10-11,18H,6-9H2,1-5H3/t10-,11-,22-/m0/s1. The monoisotopic (exact) mass is 345 g/mol. The van der Waals surface area contributed by atoms with Gasteiger partial charge in [0, 0.05) is 0 Å². The molecule has 0 unspecified atom stereocenters. The van der Waals surface area contributed by atoms with E-state index in [4.69, 9.17) is 0 Å². The number of methoxy groups -OCH3 is 1. The Labute approximate surface area is 132 Å². The minimum atomic E-state index is -4.69. The number of hydrogen-bond acceptors (Lipinski definition) is 3. The molecule has 4 nitrogen and oxygen atoms in total. The summed E-state index contributed by atoms with van der Waals surface area (Å²) in [6.07, 6.45) is -2.62. The SMILES string of the molecule is CCCCC[C@H](C(=O)OC)[C@H](N[S@@](=O)C(C)(C)C)C(F)(F)F. The second-order valence-electron chi connectivity index (χ2n) is 6.14. The van der Waals surface area contributed by atoms with Gasteiger partial charge in [0.05, 0.1) is 28.8 Å². The smallest absolute Gasteiger partial charge is 0.405 e. The number of nitrogens with one attached hydrogen (secondary N) is 1. The number of rotatable bonds is 8. The maximum atomic E-state index is 13.3. The van der Waals surface area contributed by atoms with Crippen molar-refractivity contribution in [3.63, 3.8) is 0 Å². The molecule has 1 N–H and O–H groups in total. The van der Waals surface area contributed by atoms with Crippen LogP contribution < -0.4 is 4.72 Å². The molecule has 22 heavy (non-hydrogen) atoms. The molecule has 0 rings (SSSR count). The van der Waals surface area contributed by atoms with E-state index in [0.29, 0.717) is 6.42 Å². The fraction of sp³-hybridized carbons (Fsp3) is 0.929. The van der Waals surface area contributed by atoms with E-state index in [0.717, 1.165) is 20.0 Å². The highest BCUT2D eigenvalue weighted by Crippen LogP contribution is 2.31. The minimum Gasteiger partial charge on any atom is -0.469 e. The molecule has 0 heterocycles. The first-order valence-electron chi connectivity index (χ1n) is 7.27. The number of hydrogen-bond donors (Lipinski definition) is 1. The van der Waals surface area contributed by atoms with Crippen LogP contribution in [0, 0.1) is 5.92 Å². The van der Waals surface area contributed by atoms with E-state index < -0.39 is 39.8 Å². The van der Waals surface area contributed by atoms with E-state index in [1.54, 1.807) is 20.8 Å². The van der Waals surface area contributed by atoms with E-state index in [-0.39, 0.29) is 6.42 Å². The average Bonchev–Trinajstić information content (AvgIpc) is 2.38. The van der Waals surface area contributed by atoms with Crippen molar-refractivity contribution in [2.75, 3.05) is 7.11 Å². The Balaban J connectivity index is 5.31. The zero-order chi connectivity index (χ0) is 17.6. The van der Waals surface area contributed by atoms with Gasteiger partial charge in [0.15, 0.2) is 0 Å². The Kier molecular flexibility index (Phi) is 8.61. The molecule has 0 aliphatic rings. The van der Waals surface area contributed by atoms with Crippen LogP contribution in [0.25, 0.3) is 0 Å². The van der Waals surface area contributed by atoms with Crippen LogP contribution in [-0.4, -0.2) is 34.3 Å². The number of carbonyl (C=O) groups excluding carboxylic acids is 1. The van der Waals surface area contributed by atoms with Crippen LogP contribution in [0.3, 0.4) is 0 Å². The second kappa shape index (κ2) is 8.86. The maximum absolute atomic E-state index is 13.3. The minimum absolute atomic E-state index is 0.0407. The summed E-state index contributed by atoms with van der Waals surface area (Å²) in [6.45, 7) is 6.61. The molecule has 8 heteroatoms. The molecule has 0 aromatic rings. The molecule has 0 aromatic carbocycles. The number of carbonyl (C=O) groups is 1. The third-order valence-corrected chi connectivity index (χ3v) is 4.75. The van der Waals surface area contributed by atoms with Gasteiger partial charge < -0.3 is 4.74 Å². The van der Waals surface area contributed by atoms with Crippen LogP contribution in [0.4, 0.5) is 13.2 Å². The number of halogens is 3. The van der Waals surface area contributed by atoms with Crippen molar-refractivity contribution in [3.8, 4) is 0 Å². The predicted molar refractivity (Wildman–Crippen MR) is 80.5 cm³/mol. The van der Waals surface area contributed by atoms with E-state index in [9.17, 15) is 22.2 Å². The summed E-state index contributed by atoms with van der Waals surface area (Å²) >= 11 is 0. The molecular formula is C14H26F3NO3S. The molecule has 0 aliphatic carbocycles. The first kappa shape index (κ1) is 21.4. The highest BCUT2D eigenvalue weighted by Gasteiger charge is 2.49. The van der Waals surface area contributed by atoms with Gasteiger partial charge in [-0.05, 0) is 27.2 Å². The Bertz CT molecular complexity index is 381. The zero-order valence-electron chi connectivity index (χ0n) is 13.8. The molecule has 0 bridgehead atoms. The summed E-state index contributed by atoms with van der Waals surface area (Å²) in [5.74, 6) is -2.33. The van der Waals surface area contributed by atoms with Crippen LogP contribution in [0.2, 0.25) is 0 Å². The topological polar surface area (TPSA) is 55.4 Å². The van der Waals surface area contributed by atoms with Crippen molar-refractivity contribution in [1.29, 1.82) is 0 Å². The van der Waals surface area contributed by atoms with Crippen molar-refractivity contribution < 1.29 is 26.9 Å².